The first kappa shape index (κ1) is 33.4. The summed E-state index contributed by atoms with van der Waals surface area (Å²) in [5.74, 6) is -0.167. The van der Waals surface area contributed by atoms with Gasteiger partial charge >= 0.3 is 0 Å². The van der Waals surface area contributed by atoms with Crippen LogP contribution < -0.4 is 25.6 Å². The summed E-state index contributed by atoms with van der Waals surface area (Å²) in [5, 5.41) is 11.8. The van der Waals surface area contributed by atoms with Crippen LogP contribution in [0.3, 0.4) is 0 Å². The van der Waals surface area contributed by atoms with Crippen LogP contribution in [0.4, 0.5) is 27.7 Å². The van der Waals surface area contributed by atoms with E-state index in [0.717, 1.165) is 0 Å². The van der Waals surface area contributed by atoms with Crippen molar-refractivity contribution < 1.29 is 21.2 Å². The first-order valence-corrected chi connectivity index (χ1v) is 16.5. The molecule has 0 bridgehead atoms. The third kappa shape index (κ3) is 8.58. The Hall–Kier alpha value is -4.48. The predicted molar refractivity (Wildman–Crippen MR) is 174 cm³/mol. The Morgan fingerprint density at radius 1 is 0.711 bits per heavy atom. The summed E-state index contributed by atoms with van der Waals surface area (Å²) in [6, 6.07) is 17.8. The van der Waals surface area contributed by atoms with E-state index in [9.17, 15) is 21.2 Å². The summed E-state index contributed by atoms with van der Waals surface area (Å²) >= 11 is 6.04. The number of halogens is 2. The molecule has 236 valence electrons. The number of nitrogens with zero attached hydrogens (tertiary/aromatic N) is 4. The van der Waals surface area contributed by atoms with Gasteiger partial charge in [-0.25, -0.2) is 30.7 Å². The fourth-order valence-electron chi connectivity index (χ4n) is 3.73. The molecule has 5 N–H and O–H groups in total. The molecule has 0 aliphatic rings. The summed E-state index contributed by atoms with van der Waals surface area (Å²) in [4.78, 5) is 8.94. The smallest absolute Gasteiger partial charge is 0.240 e. The van der Waals surface area contributed by atoms with Gasteiger partial charge in [-0.2, -0.15) is 20.2 Å². The van der Waals surface area contributed by atoms with Crippen LogP contribution in [-0.2, 0) is 20.0 Å². The van der Waals surface area contributed by atoms with Gasteiger partial charge in [-0.1, -0.05) is 35.9 Å². The third-order valence-corrected chi connectivity index (χ3v) is 9.38. The Balaban J connectivity index is 1.61. The SMILES string of the molecule is CNS(=O)(=O)c1ccc(/C(C)=N\Nc2cc(N/N=C(/C)c3ccc(S(=O)(=O)NC)cc3)nc(Nc3cc(Cl)ccc3F)n2)cc1. The van der Waals surface area contributed by atoms with Crippen molar-refractivity contribution in [1.82, 2.24) is 19.4 Å². The molecule has 4 rings (SSSR count). The number of aromatic nitrogens is 2. The minimum atomic E-state index is -3.58. The Labute approximate surface area is 265 Å². The maximum atomic E-state index is 14.5. The van der Waals surface area contributed by atoms with E-state index in [0.29, 0.717) is 27.6 Å². The Morgan fingerprint density at radius 3 is 1.58 bits per heavy atom. The number of anilines is 4. The second-order valence-electron chi connectivity index (χ2n) is 9.29. The zero-order chi connectivity index (χ0) is 32.8. The molecule has 13 nitrogen and oxygen atoms in total. The van der Waals surface area contributed by atoms with E-state index in [2.05, 4.69) is 45.8 Å². The standard InChI is InChI=1S/C28H29ClFN9O4S2/c1-17(19-5-10-22(11-6-19)44(40,41)31-3)36-38-26-16-27(35-28(34-26)33-25-15-21(29)9-14-24(25)30)39-37-18(2)20-7-12-23(13-8-20)45(42,43)32-4/h5-16,31-32H,1-4H3,(H3,33,34,35,38,39)/b36-17-,37-18-. The highest BCUT2D eigenvalue weighted by molar-refractivity contribution is 7.89. The van der Waals surface area contributed by atoms with Crippen molar-refractivity contribution in [3.05, 3.63) is 94.8 Å². The topological polar surface area (TPSA) is 179 Å². The summed E-state index contributed by atoms with van der Waals surface area (Å²) in [6.45, 7) is 3.44. The van der Waals surface area contributed by atoms with Gasteiger partial charge in [0, 0.05) is 11.1 Å². The van der Waals surface area contributed by atoms with E-state index in [-0.39, 0.29) is 33.1 Å². The van der Waals surface area contributed by atoms with Crippen molar-refractivity contribution in [2.45, 2.75) is 23.6 Å². The van der Waals surface area contributed by atoms with Crippen LogP contribution >= 0.6 is 11.6 Å². The lowest BCUT2D eigenvalue weighted by molar-refractivity contribution is 0.586. The normalized spacial score (nSPS) is 12.6. The molecule has 0 saturated carbocycles. The van der Waals surface area contributed by atoms with E-state index in [1.807, 2.05) is 0 Å². The largest absolute Gasteiger partial charge is 0.321 e. The monoisotopic (exact) mass is 673 g/mol. The lowest BCUT2D eigenvalue weighted by Crippen LogP contribution is -2.18. The van der Waals surface area contributed by atoms with Crippen LogP contribution in [0, 0.1) is 5.82 Å². The van der Waals surface area contributed by atoms with Gasteiger partial charge in [0.15, 0.2) is 11.6 Å². The lowest BCUT2D eigenvalue weighted by Gasteiger charge is -2.11. The molecule has 1 aromatic heterocycles. The molecule has 3 aromatic carbocycles. The fraction of sp³-hybridized carbons (Fsp3) is 0.143. The number of benzene rings is 3. The molecule has 0 saturated heterocycles. The van der Waals surface area contributed by atoms with Crippen molar-refractivity contribution in [3.63, 3.8) is 0 Å². The van der Waals surface area contributed by atoms with E-state index in [1.54, 1.807) is 38.1 Å². The van der Waals surface area contributed by atoms with E-state index >= 15 is 0 Å². The Morgan fingerprint density at radius 2 is 1.16 bits per heavy atom. The zero-order valence-corrected chi connectivity index (χ0v) is 26.8. The first-order chi connectivity index (χ1) is 21.3. The van der Waals surface area contributed by atoms with Crippen molar-refractivity contribution >= 4 is 66.3 Å². The minimum Gasteiger partial charge on any atom is -0.321 e. The van der Waals surface area contributed by atoms with Crippen LogP contribution in [0.2, 0.25) is 5.02 Å². The van der Waals surface area contributed by atoms with Crippen molar-refractivity contribution in [2.24, 2.45) is 10.2 Å². The van der Waals surface area contributed by atoms with Gasteiger partial charge in [0.25, 0.3) is 0 Å². The average Bonchev–Trinajstić information content (AvgIpc) is 3.04. The number of nitrogens with one attached hydrogen (secondary N) is 5. The van der Waals surface area contributed by atoms with Crippen molar-refractivity contribution in [1.29, 1.82) is 0 Å². The van der Waals surface area contributed by atoms with Gasteiger partial charge in [0.05, 0.1) is 26.9 Å². The van der Waals surface area contributed by atoms with Crippen LogP contribution in [0.1, 0.15) is 25.0 Å². The Kier molecular flexibility index (Phi) is 10.5. The average molecular weight is 674 g/mol. The highest BCUT2D eigenvalue weighted by atomic mass is 35.5. The number of hydrogen-bond donors (Lipinski definition) is 5. The molecule has 0 spiro atoms. The highest BCUT2D eigenvalue weighted by Gasteiger charge is 2.13. The van der Waals surface area contributed by atoms with Crippen molar-refractivity contribution in [2.75, 3.05) is 30.3 Å². The molecular weight excluding hydrogens is 645 g/mol. The molecule has 17 heteroatoms. The zero-order valence-electron chi connectivity index (χ0n) is 24.4. The number of hydrogen-bond acceptors (Lipinski definition) is 11. The van der Waals surface area contributed by atoms with E-state index in [1.165, 1.54) is 62.6 Å². The van der Waals surface area contributed by atoms with Crippen LogP contribution in [0.5, 0.6) is 0 Å². The maximum absolute atomic E-state index is 14.5. The Bertz CT molecular complexity index is 1860. The minimum absolute atomic E-state index is 0.00683. The molecule has 0 aliphatic carbocycles. The maximum Gasteiger partial charge on any atom is 0.240 e. The lowest BCUT2D eigenvalue weighted by atomic mass is 10.1. The van der Waals surface area contributed by atoms with Crippen LogP contribution in [0.15, 0.2) is 92.8 Å². The van der Waals surface area contributed by atoms with E-state index in [4.69, 9.17) is 11.6 Å². The molecule has 0 aliphatic heterocycles. The third-order valence-electron chi connectivity index (χ3n) is 6.28. The van der Waals surface area contributed by atoms with Crippen molar-refractivity contribution in [3.8, 4) is 0 Å². The molecular formula is C28H29ClFN9O4S2. The fourth-order valence-corrected chi connectivity index (χ4v) is 5.36. The number of sulfonamides is 2. The first-order valence-electron chi connectivity index (χ1n) is 13.1. The van der Waals surface area contributed by atoms with Gasteiger partial charge in [-0.3, -0.25) is 10.9 Å². The summed E-state index contributed by atoms with van der Waals surface area (Å²) in [7, 11) is -4.51. The molecule has 0 radical (unpaired) electrons. The van der Waals surface area contributed by atoms with Gasteiger partial charge < -0.3 is 5.32 Å². The number of rotatable bonds is 12. The summed E-state index contributed by atoms with van der Waals surface area (Å²) in [5.41, 5.74) is 8.04. The number of hydrazone groups is 2. The second kappa shape index (κ2) is 14.1. The molecule has 1 heterocycles. The molecule has 0 unspecified atom stereocenters. The van der Waals surface area contributed by atoms with Gasteiger partial charge in [0.1, 0.15) is 5.82 Å². The molecule has 45 heavy (non-hydrogen) atoms. The summed E-state index contributed by atoms with van der Waals surface area (Å²) in [6.07, 6.45) is 0. The van der Waals surface area contributed by atoms with E-state index < -0.39 is 25.9 Å². The predicted octanol–water partition coefficient (Wildman–Crippen LogP) is 4.50. The quantitative estimate of drug-likeness (QED) is 0.107. The van der Waals surface area contributed by atoms with Crippen LogP contribution in [0.25, 0.3) is 0 Å². The molecule has 0 amide bonds. The molecule has 0 fully saturated rings. The highest BCUT2D eigenvalue weighted by Crippen LogP contribution is 2.24. The molecule has 0 atom stereocenters. The van der Waals surface area contributed by atoms with Gasteiger partial charge in [0.2, 0.25) is 26.0 Å². The van der Waals surface area contributed by atoms with Gasteiger partial charge in [-0.15, -0.1) is 0 Å². The van der Waals surface area contributed by atoms with Crippen LogP contribution in [-0.4, -0.2) is 52.3 Å². The second-order valence-corrected chi connectivity index (χ2v) is 13.5. The summed E-state index contributed by atoms with van der Waals surface area (Å²) < 4.78 is 67.1. The molecule has 4 aromatic rings. The van der Waals surface area contributed by atoms with Gasteiger partial charge in [-0.05, 0) is 81.5 Å².